The number of fused-ring (bicyclic) bond motifs is 1. The lowest BCUT2D eigenvalue weighted by Gasteiger charge is -2.34. The van der Waals surface area contributed by atoms with Crippen LogP contribution in [0.25, 0.3) is 22.4 Å². The molecule has 0 bridgehead atoms. The van der Waals surface area contributed by atoms with E-state index >= 15 is 0 Å². The van der Waals surface area contributed by atoms with Crippen LogP contribution in [0.2, 0.25) is 0 Å². The smallest absolute Gasteiger partial charge is 0.254 e. The Labute approximate surface area is 152 Å². The van der Waals surface area contributed by atoms with Gasteiger partial charge in [0.1, 0.15) is 5.69 Å². The van der Waals surface area contributed by atoms with Crippen LogP contribution in [0.4, 0.5) is 0 Å². The van der Waals surface area contributed by atoms with E-state index in [1.54, 1.807) is 6.26 Å². The summed E-state index contributed by atoms with van der Waals surface area (Å²) < 4.78 is 5.49. The van der Waals surface area contributed by atoms with Gasteiger partial charge >= 0.3 is 0 Å². The first kappa shape index (κ1) is 16.8. The molecule has 5 nitrogen and oxygen atoms in total. The molecule has 2 N–H and O–H groups in total. The number of hydrogen-bond acceptors (Lipinski definition) is 4. The summed E-state index contributed by atoms with van der Waals surface area (Å²) in [4.78, 5) is 19.8. The van der Waals surface area contributed by atoms with Gasteiger partial charge in [-0.3, -0.25) is 4.79 Å². The minimum atomic E-state index is 0.0551. The number of carbonyl (C=O) groups excluding carboxylic acids is 1. The van der Waals surface area contributed by atoms with E-state index in [1.807, 2.05) is 54.3 Å². The Balaban J connectivity index is 1.70. The van der Waals surface area contributed by atoms with Gasteiger partial charge in [-0.15, -0.1) is 0 Å². The van der Waals surface area contributed by atoms with Crippen LogP contribution in [0.3, 0.4) is 0 Å². The molecular weight excluding hydrogens is 326 g/mol. The molecule has 1 amide bonds. The molecule has 3 aromatic rings. The van der Waals surface area contributed by atoms with Crippen molar-refractivity contribution >= 4 is 16.8 Å². The molecule has 1 aromatic carbocycles. The van der Waals surface area contributed by atoms with Crippen molar-refractivity contribution in [1.29, 1.82) is 0 Å². The molecular formula is C21H23N3O2. The lowest BCUT2D eigenvalue weighted by molar-refractivity contribution is 0.0683. The monoisotopic (exact) mass is 349 g/mol. The first-order valence-corrected chi connectivity index (χ1v) is 9.12. The van der Waals surface area contributed by atoms with Crippen LogP contribution in [0.5, 0.6) is 0 Å². The highest BCUT2D eigenvalue weighted by molar-refractivity contribution is 6.07. The summed E-state index contributed by atoms with van der Waals surface area (Å²) >= 11 is 0. The van der Waals surface area contributed by atoms with Crippen molar-refractivity contribution in [2.24, 2.45) is 11.7 Å². The van der Waals surface area contributed by atoms with Crippen LogP contribution in [0, 0.1) is 5.92 Å². The molecule has 0 aliphatic carbocycles. The van der Waals surface area contributed by atoms with Gasteiger partial charge in [0.15, 0.2) is 5.76 Å². The maximum absolute atomic E-state index is 13.2. The fourth-order valence-corrected chi connectivity index (χ4v) is 3.70. The van der Waals surface area contributed by atoms with E-state index in [-0.39, 0.29) is 11.9 Å². The lowest BCUT2D eigenvalue weighted by atomic mass is 9.90. The molecule has 1 aliphatic rings. The molecule has 134 valence electrons. The van der Waals surface area contributed by atoms with Gasteiger partial charge in [0.2, 0.25) is 0 Å². The number of likely N-dealkylation sites (tertiary alicyclic amines) is 1. The normalized spacial score (nSPS) is 16.8. The van der Waals surface area contributed by atoms with Crippen LogP contribution in [0.15, 0.2) is 53.1 Å². The molecule has 4 rings (SSSR count). The number of benzene rings is 1. The van der Waals surface area contributed by atoms with Crippen molar-refractivity contribution in [2.45, 2.75) is 25.8 Å². The van der Waals surface area contributed by atoms with Crippen LogP contribution in [-0.2, 0) is 0 Å². The average molecular weight is 349 g/mol. The van der Waals surface area contributed by atoms with Crippen molar-refractivity contribution in [2.75, 3.05) is 13.1 Å². The molecule has 1 atom stereocenters. The summed E-state index contributed by atoms with van der Waals surface area (Å²) in [6, 6.07) is 13.5. The number of rotatable bonds is 3. The average Bonchev–Trinajstić information content (AvgIpc) is 3.21. The predicted octanol–water partition coefficient (Wildman–Crippen LogP) is 3.69. The third kappa shape index (κ3) is 3.10. The van der Waals surface area contributed by atoms with Crippen molar-refractivity contribution in [3.63, 3.8) is 0 Å². The molecule has 0 saturated carbocycles. The highest BCUT2D eigenvalue weighted by atomic mass is 16.3. The van der Waals surface area contributed by atoms with E-state index < -0.39 is 0 Å². The molecule has 0 spiro atoms. The highest BCUT2D eigenvalue weighted by Crippen LogP contribution is 2.28. The standard InChI is InChI=1S/C21H23N3O2/c1-14(22)15-8-10-24(11-9-15)21(25)17-13-19(20-7-4-12-26-20)23-18-6-3-2-5-16(17)18/h2-7,12-15H,8-11,22H2,1H3. The van der Waals surface area contributed by atoms with E-state index in [9.17, 15) is 4.79 Å². The number of aromatic nitrogens is 1. The summed E-state index contributed by atoms with van der Waals surface area (Å²) in [5, 5.41) is 0.877. The van der Waals surface area contributed by atoms with Crippen molar-refractivity contribution in [3.05, 3.63) is 54.3 Å². The zero-order valence-corrected chi connectivity index (χ0v) is 14.9. The molecule has 3 heterocycles. The van der Waals surface area contributed by atoms with Gasteiger partial charge in [-0.05, 0) is 49.9 Å². The number of nitrogens with zero attached hydrogens (tertiary/aromatic N) is 2. The Morgan fingerprint density at radius 2 is 2.00 bits per heavy atom. The summed E-state index contributed by atoms with van der Waals surface area (Å²) in [5.74, 6) is 1.21. The van der Waals surface area contributed by atoms with Gasteiger partial charge in [0.05, 0.1) is 17.3 Å². The number of piperidine rings is 1. The van der Waals surface area contributed by atoms with E-state index in [1.165, 1.54) is 0 Å². The molecule has 5 heteroatoms. The number of nitrogens with two attached hydrogens (primary N) is 1. The van der Waals surface area contributed by atoms with Crippen molar-refractivity contribution in [3.8, 4) is 11.5 Å². The van der Waals surface area contributed by atoms with E-state index in [2.05, 4.69) is 4.98 Å². The van der Waals surface area contributed by atoms with Crippen LogP contribution >= 0.6 is 0 Å². The number of hydrogen-bond donors (Lipinski definition) is 1. The second-order valence-corrected chi connectivity index (χ2v) is 7.04. The van der Waals surface area contributed by atoms with Crippen LogP contribution in [-0.4, -0.2) is 34.9 Å². The number of amides is 1. The Kier molecular flexibility index (Phi) is 4.47. The Morgan fingerprint density at radius 1 is 1.23 bits per heavy atom. The SMILES string of the molecule is CC(N)C1CCN(C(=O)c2cc(-c3ccco3)nc3ccccc23)CC1. The van der Waals surface area contributed by atoms with Gasteiger partial charge < -0.3 is 15.1 Å². The van der Waals surface area contributed by atoms with E-state index in [4.69, 9.17) is 10.2 Å². The fourth-order valence-electron chi connectivity index (χ4n) is 3.70. The lowest BCUT2D eigenvalue weighted by Crippen LogP contribution is -2.42. The molecule has 26 heavy (non-hydrogen) atoms. The summed E-state index contributed by atoms with van der Waals surface area (Å²) in [5.41, 5.74) is 8.19. The van der Waals surface area contributed by atoms with Gasteiger partial charge in [-0.1, -0.05) is 18.2 Å². The molecule has 1 saturated heterocycles. The summed E-state index contributed by atoms with van der Waals surface area (Å²) in [7, 11) is 0. The van der Waals surface area contributed by atoms with Crippen LogP contribution < -0.4 is 5.73 Å². The zero-order valence-electron chi connectivity index (χ0n) is 14.9. The third-order valence-electron chi connectivity index (χ3n) is 5.29. The number of carbonyl (C=O) groups is 1. The maximum Gasteiger partial charge on any atom is 0.254 e. The molecule has 1 fully saturated rings. The van der Waals surface area contributed by atoms with Gasteiger partial charge in [0.25, 0.3) is 5.91 Å². The number of para-hydroxylation sites is 1. The predicted molar refractivity (Wildman–Crippen MR) is 102 cm³/mol. The van der Waals surface area contributed by atoms with Gasteiger partial charge in [-0.25, -0.2) is 4.98 Å². The van der Waals surface area contributed by atoms with E-state index in [0.29, 0.717) is 22.9 Å². The third-order valence-corrected chi connectivity index (χ3v) is 5.29. The Bertz CT molecular complexity index is 910. The molecule has 1 unspecified atom stereocenters. The second kappa shape index (κ2) is 6.92. The first-order valence-electron chi connectivity index (χ1n) is 9.12. The Morgan fingerprint density at radius 3 is 2.69 bits per heavy atom. The molecule has 0 radical (unpaired) electrons. The van der Waals surface area contributed by atoms with E-state index in [0.717, 1.165) is 36.8 Å². The highest BCUT2D eigenvalue weighted by Gasteiger charge is 2.27. The van der Waals surface area contributed by atoms with Crippen molar-refractivity contribution in [1.82, 2.24) is 9.88 Å². The summed E-state index contributed by atoms with van der Waals surface area (Å²) in [6.45, 7) is 3.55. The minimum absolute atomic E-state index is 0.0551. The second-order valence-electron chi connectivity index (χ2n) is 7.04. The zero-order chi connectivity index (χ0) is 18.1. The minimum Gasteiger partial charge on any atom is -0.463 e. The quantitative estimate of drug-likeness (QED) is 0.783. The van der Waals surface area contributed by atoms with Gasteiger partial charge in [0, 0.05) is 24.5 Å². The largest absolute Gasteiger partial charge is 0.463 e. The maximum atomic E-state index is 13.2. The van der Waals surface area contributed by atoms with Crippen LogP contribution in [0.1, 0.15) is 30.1 Å². The number of pyridine rings is 1. The topological polar surface area (TPSA) is 72.4 Å². The van der Waals surface area contributed by atoms with Gasteiger partial charge in [-0.2, -0.15) is 0 Å². The Hall–Kier alpha value is -2.66. The fraction of sp³-hybridized carbons (Fsp3) is 0.333. The van der Waals surface area contributed by atoms with Crippen molar-refractivity contribution < 1.29 is 9.21 Å². The molecule has 1 aliphatic heterocycles. The molecule has 2 aromatic heterocycles. The first-order chi connectivity index (χ1) is 12.6. The number of furan rings is 1. The summed E-state index contributed by atoms with van der Waals surface area (Å²) in [6.07, 6.45) is 3.53.